The van der Waals surface area contributed by atoms with Gasteiger partial charge in [0, 0.05) is 191 Å². The Labute approximate surface area is 706 Å². The Hall–Kier alpha value is -9.94. The summed E-state index contributed by atoms with van der Waals surface area (Å²) in [5.41, 5.74) is 28.6. The van der Waals surface area contributed by atoms with E-state index in [-0.39, 0.29) is 0 Å². The smallest absolute Gasteiger partial charge is 0.139 e. The summed E-state index contributed by atoms with van der Waals surface area (Å²) in [4.78, 5) is 13.3. The molecule has 10 bridgehead atoms. The normalized spacial score (nSPS) is 31.2. The lowest BCUT2D eigenvalue weighted by Gasteiger charge is -2.44. The van der Waals surface area contributed by atoms with Gasteiger partial charge in [-0.1, -0.05) is 191 Å². The van der Waals surface area contributed by atoms with Crippen molar-refractivity contribution in [1.29, 1.82) is 0 Å². The molecule has 21 atom stereocenters. The topological polar surface area (TPSA) is 81.9 Å². The molecule has 5 aromatic heterocycles. The number of hydrogen-bond acceptors (Lipinski definition) is 10. The number of hydrogen-bond donors (Lipinski definition) is 0. The van der Waals surface area contributed by atoms with Crippen molar-refractivity contribution in [2.45, 2.75) is 207 Å². The molecule has 21 unspecified atom stereocenters. The second-order valence-electron chi connectivity index (χ2n) is 39.8. The van der Waals surface area contributed by atoms with Gasteiger partial charge in [0.2, 0.25) is 0 Å². The molecular formula is C110H117N5O5. The molecule has 26 rings (SSSR count). The van der Waals surface area contributed by atoms with Gasteiger partial charge in [-0.3, -0.25) is 19.6 Å². The minimum absolute atomic E-state index is 0.296. The summed E-state index contributed by atoms with van der Waals surface area (Å²) < 4.78 is 31.9. The number of rotatable bonds is 5. The van der Waals surface area contributed by atoms with E-state index in [4.69, 9.17) is 22.1 Å². The SMILES string of the molecule is Cc1ccc2c(oc3ccccc32)c1C1C(C)N2CC1(C)C(C)C2C.Cc1ccc2c(oc3ccccc32)c1C1C(C)N2CCC1(C)C2.Cc1ccc2c(oc3ccccc32)c1C1C(C)N2CCC1C2(C)C.Cc1ccc2c(oc3ccccc32)c1C1C2CCN(C2)C1C.Cc1ccc2c(oc3ccccc32)c1C1C2CN(c3ccccc32)C1C. The van der Waals surface area contributed by atoms with Crippen molar-refractivity contribution in [2.75, 3.05) is 50.7 Å². The van der Waals surface area contributed by atoms with Gasteiger partial charge in [-0.2, -0.15) is 0 Å². The van der Waals surface area contributed by atoms with Crippen LogP contribution in [0.4, 0.5) is 5.69 Å². The Morgan fingerprint density at radius 3 is 1.18 bits per heavy atom. The fourth-order valence-corrected chi connectivity index (χ4v) is 27.5. The molecule has 9 fully saturated rings. The van der Waals surface area contributed by atoms with Crippen LogP contribution >= 0.6 is 0 Å². The number of benzene rings is 11. The van der Waals surface area contributed by atoms with Crippen LogP contribution < -0.4 is 4.90 Å². The van der Waals surface area contributed by atoms with Gasteiger partial charge in [-0.05, 0) is 227 Å². The molecule has 11 aromatic carbocycles. The number of para-hydroxylation sites is 6. The average molecular weight is 1590 g/mol. The molecular weight excluding hydrogens is 1470 g/mol. The van der Waals surface area contributed by atoms with Crippen molar-refractivity contribution >= 4 is 115 Å². The van der Waals surface area contributed by atoms with E-state index in [0.29, 0.717) is 100.0 Å². The summed E-state index contributed by atoms with van der Waals surface area (Å²) >= 11 is 0. The average Bonchev–Trinajstić information content (AvgIpc) is 1.56. The summed E-state index contributed by atoms with van der Waals surface area (Å²) in [5, 5.41) is 12.5. The van der Waals surface area contributed by atoms with Crippen LogP contribution in [0.15, 0.2) is 228 Å². The van der Waals surface area contributed by atoms with Crippen molar-refractivity contribution in [3.63, 3.8) is 0 Å². The Balaban J connectivity index is 0.0000000901. The van der Waals surface area contributed by atoms with E-state index < -0.39 is 0 Å². The van der Waals surface area contributed by atoms with E-state index in [1.807, 2.05) is 0 Å². The molecule has 10 nitrogen and oxygen atoms in total. The highest BCUT2D eigenvalue weighted by molar-refractivity contribution is 6.10. The first-order valence-corrected chi connectivity index (χ1v) is 45.4. The number of piperidine rings is 4. The van der Waals surface area contributed by atoms with Gasteiger partial charge in [-0.15, -0.1) is 0 Å². The number of furan rings is 5. The van der Waals surface area contributed by atoms with Gasteiger partial charge in [-0.25, -0.2) is 0 Å². The minimum Gasteiger partial charge on any atom is -0.456 e. The van der Waals surface area contributed by atoms with Crippen molar-refractivity contribution in [1.82, 2.24) is 19.6 Å². The van der Waals surface area contributed by atoms with Gasteiger partial charge in [0.15, 0.2) is 0 Å². The van der Waals surface area contributed by atoms with E-state index in [1.165, 1.54) is 179 Å². The minimum atomic E-state index is 0.296. The number of anilines is 1. The number of aryl methyl sites for hydroxylation is 5. The number of nitrogens with zero attached hydrogens (tertiary/aromatic N) is 5. The zero-order valence-electron chi connectivity index (χ0n) is 73.1. The first kappa shape index (κ1) is 76.2. The third-order valence-corrected chi connectivity index (χ3v) is 33.6. The highest BCUT2D eigenvalue weighted by Gasteiger charge is 2.62. The van der Waals surface area contributed by atoms with Gasteiger partial charge >= 0.3 is 0 Å². The zero-order chi connectivity index (χ0) is 82.2. The molecule has 10 heteroatoms. The molecule has 0 N–H and O–H groups in total. The van der Waals surface area contributed by atoms with Gasteiger partial charge in [0.25, 0.3) is 0 Å². The summed E-state index contributed by atoms with van der Waals surface area (Å²) in [6.07, 6.45) is 3.95. The van der Waals surface area contributed by atoms with Crippen molar-refractivity contribution in [2.24, 2.45) is 28.6 Å². The third-order valence-electron chi connectivity index (χ3n) is 33.6. The number of fused-ring (bicyclic) bond motifs is 28. The lowest BCUT2D eigenvalue weighted by molar-refractivity contribution is 0.112. The second kappa shape index (κ2) is 28.1. The molecule has 15 heterocycles. The molecule has 0 amide bonds. The lowest BCUT2D eigenvalue weighted by Crippen LogP contribution is -2.45. The maximum Gasteiger partial charge on any atom is 0.139 e. The fourth-order valence-electron chi connectivity index (χ4n) is 27.5. The van der Waals surface area contributed by atoms with Crippen LogP contribution in [0, 0.1) is 63.2 Å². The molecule has 9 saturated heterocycles. The largest absolute Gasteiger partial charge is 0.456 e. The van der Waals surface area contributed by atoms with Crippen LogP contribution in [-0.2, 0) is 0 Å². The summed E-state index contributed by atoms with van der Waals surface area (Å²) in [5.74, 6) is 5.54. The first-order chi connectivity index (χ1) is 58.0. The molecule has 16 aromatic rings. The fraction of sp³-hybridized carbons (Fsp3) is 0.400. The van der Waals surface area contributed by atoms with Gasteiger partial charge < -0.3 is 27.0 Å². The molecule has 0 spiro atoms. The molecule has 10 aliphatic rings. The molecule has 10 aliphatic heterocycles. The first-order valence-electron chi connectivity index (χ1n) is 45.4. The van der Waals surface area contributed by atoms with Crippen LogP contribution in [0.3, 0.4) is 0 Å². The maximum absolute atomic E-state index is 6.42. The highest BCUT2D eigenvalue weighted by atomic mass is 16.3. The Morgan fingerprint density at radius 2 is 0.750 bits per heavy atom. The quantitative estimate of drug-likeness (QED) is 0.166. The predicted molar refractivity (Wildman–Crippen MR) is 496 cm³/mol. The Kier molecular flexibility index (Phi) is 17.8. The standard InChI is InChI=1S/C24H21NO.C23H27NO.C22H25NO.C21H23NO.C20H21NO/c1-14-11-12-18-17-8-4-6-10-21(17)26-24(18)22(14)23-15(2)25-13-19(23)16-7-3-5-9-20(16)25;1-13-10-11-18-17-8-6-7-9-19(17)25-22(18)20(13)21-16(4)24-12-23(21,5)14(2)15(24)3;1-13-9-10-16-15-7-5-6-8-18(15)24-21(16)19(13)20-14(2)23-12-11-17(20)22(23,3)4;1-13-8-9-16-15-6-4-5-7-17(15)23-20(16)18(13)19-14(2)22-11-10-21(19,3)12-22;1-12-7-8-16-15-5-3-4-6-17(15)22-20(16)18(12)19-13(2)21-10-9-14(19)11-21/h3-12,15,19,23H,13H2,1-2H3;6-11,14-16,21H,12H2,1-5H3;5-10,14,17,20H,11-12H2,1-4H3;4-9,14,19H,10-12H2,1-3H3;3-8,13-14,19H,9-11H2,1-2H3. The van der Waals surface area contributed by atoms with E-state index >= 15 is 0 Å². The summed E-state index contributed by atoms with van der Waals surface area (Å²) in [6, 6.07) is 77.2. The molecule has 120 heavy (non-hydrogen) atoms. The second-order valence-corrected chi connectivity index (χ2v) is 39.8. The maximum atomic E-state index is 6.42. The van der Waals surface area contributed by atoms with Crippen molar-refractivity contribution < 1.29 is 22.1 Å². The van der Waals surface area contributed by atoms with Crippen LogP contribution in [0.5, 0.6) is 0 Å². The summed E-state index contributed by atoms with van der Waals surface area (Å²) in [7, 11) is 0. The third kappa shape index (κ3) is 11.2. The van der Waals surface area contributed by atoms with Crippen LogP contribution in [0.25, 0.3) is 110 Å². The molecule has 0 aliphatic carbocycles. The predicted octanol–water partition coefficient (Wildman–Crippen LogP) is 27.0. The van der Waals surface area contributed by atoms with Crippen molar-refractivity contribution in [3.05, 3.63) is 267 Å². The highest BCUT2D eigenvalue weighted by Crippen LogP contribution is 2.63. The van der Waals surface area contributed by atoms with E-state index in [1.54, 1.807) is 0 Å². The van der Waals surface area contributed by atoms with E-state index in [0.717, 1.165) is 68.3 Å². The van der Waals surface area contributed by atoms with E-state index in [9.17, 15) is 0 Å². The molecule has 0 saturated carbocycles. The van der Waals surface area contributed by atoms with Crippen molar-refractivity contribution in [3.8, 4) is 0 Å². The van der Waals surface area contributed by atoms with Crippen LogP contribution in [-0.4, -0.2) is 107 Å². The van der Waals surface area contributed by atoms with Crippen LogP contribution in [0.1, 0.15) is 192 Å². The molecule has 0 radical (unpaired) electrons. The lowest BCUT2D eigenvalue weighted by atomic mass is 9.63. The monoisotopic (exact) mass is 1590 g/mol. The van der Waals surface area contributed by atoms with Crippen LogP contribution in [0.2, 0.25) is 0 Å². The summed E-state index contributed by atoms with van der Waals surface area (Å²) in [6.45, 7) is 46.5. The Morgan fingerprint density at radius 1 is 0.333 bits per heavy atom. The zero-order valence-corrected chi connectivity index (χ0v) is 73.1. The van der Waals surface area contributed by atoms with E-state index in [2.05, 4.69) is 342 Å². The Bertz CT molecular complexity index is 6780. The van der Waals surface area contributed by atoms with Gasteiger partial charge in [0.1, 0.15) is 55.8 Å². The molecule has 612 valence electrons. The van der Waals surface area contributed by atoms with Gasteiger partial charge in [0.05, 0.1) is 0 Å².